The van der Waals surface area contributed by atoms with Gasteiger partial charge in [-0.1, -0.05) is 32.6 Å². The fraction of sp³-hybridized carbons (Fsp3) is 0.812. The smallest absolute Gasteiger partial charge is 0.0534 e. The third kappa shape index (κ3) is 3.61. The Morgan fingerprint density at radius 1 is 1.30 bits per heavy atom. The van der Waals surface area contributed by atoms with Crippen LogP contribution in [0, 0.1) is 0 Å². The summed E-state index contributed by atoms with van der Waals surface area (Å²) in [4.78, 5) is 2.63. The largest absolute Gasteiger partial charge is 0.329 e. The van der Waals surface area contributed by atoms with Gasteiger partial charge in [-0.3, -0.25) is 9.58 Å². The highest BCUT2D eigenvalue weighted by molar-refractivity contribution is 5.06. The molecule has 1 aliphatic carbocycles. The maximum atomic E-state index is 6.24. The van der Waals surface area contributed by atoms with Crippen LogP contribution in [0.5, 0.6) is 0 Å². The molecule has 1 aliphatic rings. The third-order valence-electron chi connectivity index (χ3n) is 4.71. The second kappa shape index (κ2) is 7.23. The summed E-state index contributed by atoms with van der Waals surface area (Å²) < 4.78 is 1.89. The van der Waals surface area contributed by atoms with E-state index < -0.39 is 0 Å². The minimum atomic E-state index is 0.211. The molecular formula is C16H30N4. The van der Waals surface area contributed by atoms with Gasteiger partial charge in [0, 0.05) is 37.4 Å². The van der Waals surface area contributed by atoms with Crippen molar-refractivity contribution in [2.45, 2.75) is 64.0 Å². The second-order valence-electron chi connectivity index (χ2n) is 6.29. The van der Waals surface area contributed by atoms with E-state index in [1.165, 1.54) is 50.5 Å². The minimum absolute atomic E-state index is 0.211. The zero-order valence-electron chi connectivity index (χ0n) is 13.1. The summed E-state index contributed by atoms with van der Waals surface area (Å²) in [6.07, 6.45) is 13.2. The molecule has 20 heavy (non-hydrogen) atoms. The van der Waals surface area contributed by atoms with Crippen LogP contribution < -0.4 is 5.73 Å². The highest BCUT2D eigenvalue weighted by atomic mass is 15.3. The van der Waals surface area contributed by atoms with E-state index in [0.717, 1.165) is 19.6 Å². The van der Waals surface area contributed by atoms with Gasteiger partial charge in [0.1, 0.15) is 0 Å². The van der Waals surface area contributed by atoms with Crippen LogP contribution in [0.4, 0.5) is 0 Å². The van der Waals surface area contributed by atoms with Gasteiger partial charge >= 0.3 is 0 Å². The van der Waals surface area contributed by atoms with E-state index in [2.05, 4.69) is 23.1 Å². The maximum Gasteiger partial charge on any atom is 0.0534 e. The lowest BCUT2D eigenvalue weighted by Gasteiger charge is -2.43. The molecule has 0 amide bonds. The van der Waals surface area contributed by atoms with E-state index in [-0.39, 0.29) is 5.54 Å². The summed E-state index contributed by atoms with van der Waals surface area (Å²) in [5.41, 5.74) is 7.75. The first-order chi connectivity index (χ1) is 9.70. The predicted molar refractivity (Wildman–Crippen MR) is 83.4 cm³/mol. The summed E-state index contributed by atoms with van der Waals surface area (Å²) in [7, 11) is 1.98. The summed E-state index contributed by atoms with van der Waals surface area (Å²) >= 11 is 0. The molecule has 2 rings (SSSR count). The lowest BCUT2D eigenvalue weighted by molar-refractivity contribution is 0.0697. The van der Waals surface area contributed by atoms with Crippen molar-refractivity contribution in [1.82, 2.24) is 14.7 Å². The van der Waals surface area contributed by atoms with Crippen molar-refractivity contribution in [3.63, 3.8) is 0 Å². The van der Waals surface area contributed by atoms with Crippen LogP contribution in [0.15, 0.2) is 12.4 Å². The van der Waals surface area contributed by atoms with Crippen LogP contribution in [-0.2, 0) is 13.6 Å². The molecule has 0 radical (unpaired) electrons. The average molecular weight is 278 g/mol. The molecule has 1 aromatic rings. The van der Waals surface area contributed by atoms with Gasteiger partial charge in [0.2, 0.25) is 0 Å². The summed E-state index contributed by atoms with van der Waals surface area (Å²) in [6, 6.07) is 0. The van der Waals surface area contributed by atoms with Crippen molar-refractivity contribution in [3.8, 4) is 0 Å². The molecule has 1 heterocycles. The van der Waals surface area contributed by atoms with E-state index in [1.807, 2.05) is 17.9 Å². The number of nitrogens with two attached hydrogens (primary N) is 1. The SMILES string of the molecule is CCCN(Cc1cnn(C)c1)C1(CN)CCCCCC1. The van der Waals surface area contributed by atoms with Gasteiger partial charge in [-0.15, -0.1) is 0 Å². The Labute approximate surface area is 123 Å². The molecule has 4 nitrogen and oxygen atoms in total. The van der Waals surface area contributed by atoms with Crippen LogP contribution in [0.2, 0.25) is 0 Å². The van der Waals surface area contributed by atoms with E-state index in [4.69, 9.17) is 5.73 Å². The van der Waals surface area contributed by atoms with Gasteiger partial charge in [0.05, 0.1) is 6.20 Å². The van der Waals surface area contributed by atoms with Gasteiger partial charge in [-0.25, -0.2) is 0 Å². The summed E-state index contributed by atoms with van der Waals surface area (Å²) in [6.45, 7) is 5.16. The molecule has 0 bridgehead atoms. The number of aromatic nitrogens is 2. The predicted octanol–water partition coefficient (Wildman–Crippen LogP) is 2.68. The van der Waals surface area contributed by atoms with E-state index in [0.29, 0.717) is 0 Å². The molecule has 1 aromatic heterocycles. The maximum absolute atomic E-state index is 6.24. The molecule has 0 atom stereocenters. The zero-order valence-corrected chi connectivity index (χ0v) is 13.1. The first-order valence-electron chi connectivity index (χ1n) is 8.13. The van der Waals surface area contributed by atoms with Crippen molar-refractivity contribution >= 4 is 0 Å². The number of rotatable bonds is 6. The molecule has 0 unspecified atom stereocenters. The Morgan fingerprint density at radius 3 is 2.50 bits per heavy atom. The fourth-order valence-electron chi connectivity index (χ4n) is 3.56. The van der Waals surface area contributed by atoms with Crippen LogP contribution in [0.1, 0.15) is 57.4 Å². The number of hydrogen-bond acceptors (Lipinski definition) is 3. The monoisotopic (exact) mass is 278 g/mol. The van der Waals surface area contributed by atoms with Crippen molar-refractivity contribution in [2.24, 2.45) is 12.8 Å². The Bertz CT molecular complexity index is 391. The average Bonchev–Trinajstić information content (AvgIpc) is 2.72. The normalized spacial score (nSPS) is 19.2. The Kier molecular flexibility index (Phi) is 5.61. The lowest BCUT2D eigenvalue weighted by Crippen LogP contribution is -2.53. The molecule has 0 aromatic carbocycles. The van der Waals surface area contributed by atoms with Crippen LogP contribution in [0.3, 0.4) is 0 Å². The van der Waals surface area contributed by atoms with Gasteiger partial charge in [0.15, 0.2) is 0 Å². The summed E-state index contributed by atoms with van der Waals surface area (Å²) in [5, 5.41) is 4.30. The highest BCUT2D eigenvalue weighted by Crippen LogP contribution is 2.33. The molecule has 1 fully saturated rings. The molecule has 0 spiro atoms. The first-order valence-corrected chi connectivity index (χ1v) is 8.13. The van der Waals surface area contributed by atoms with Crippen molar-refractivity contribution in [2.75, 3.05) is 13.1 Å². The van der Waals surface area contributed by atoms with E-state index in [1.54, 1.807) is 0 Å². The number of hydrogen-bond donors (Lipinski definition) is 1. The van der Waals surface area contributed by atoms with Gasteiger partial charge in [0.25, 0.3) is 0 Å². The topological polar surface area (TPSA) is 47.1 Å². The molecule has 2 N–H and O–H groups in total. The molecular weight excluding hydrogens is 248 g/mol. The van der Waals surface area contributed by atoms with Gasteiger partial charge < -0.3 is 5.73 Å². The van der Waals surface area contributed by atoms with Gasteiger partial charge in [-0.2, -0.15) is 5.10 Å². The number of nitrogens with zero attached hydrogens (tertiary/aromatic N) is 3. The molecule has 1 saturated carbocycles. The Balaban J connectivity index is 2.15. The minimum Gasteiger partial charge on any atom is -0.329 e. The highest BCUT2D eigenvalue weighted by Gasteiger charge is 2.35. The van der Waals surface area contributed by atoms with Crippen LogP contribution in [0.25, 0.3) is 0 Å². The third-order valence-corrected chi connectivity index (χ3v) is 4.71. The van der Waals surface area contributed by atoms with Crippen LogP contribution >= 0.6 is 0 Å². The fourth-order valence-corrected chi connectivity index (χ4v) is 3.56. The second-order valence-corrected chi connectivity index (χ2v) is 6.29. The molecule has 114 valence electrons. The molecule has 0 aliphatic heterocycles. The van der Waals surface area contributed by atoms with Crippen molar-refractivity contribution in [1.29, 1.82) is 0 Å². The molecule has 0 saturated heterocycles. The first kappa shape index (κ1) is 15.5. The van der Waals surface area contributed by atoms with E-state index >= 15 is 0 Å². The standard InChI is InChI=1S/C16H30N4/c1-3-10-20(13-15-11-18-19(2)12-15)16(14-17)8-6-4-5-7-9-16/h11-12H,3-10,13-14,17H2,1-2H3. The van der Waals surface area contributed by atoms with Gasteiger partial charge in [-0.05, 0) is 25.8 Å². The zero-order chi connectivity index (χ0) is 14.4. The quantitative estimate of drug-likeness (QED) is 0.814. The number of aryl methyl sites for hydroxylation is 1. The van der Waals surface area contributed by atoms with Crippen molar-refractivity contribution < 1.29 is 0 Å². The van der Waals surface area contributed by atoms with Crippen molar-refractivity contribution in [3.05, 3.63) is 18.0 Å². The Hall–Kier alpha value is -0.870. The van der Waals surface area contributed by atoms with E-state index in [9.17, 15) is 0 Å². The van der Waals surface area contributed by atoms with Crippen LogP contribution in [-0.4, -0.2) is 33.3 Å². The summed E-state index contributed by atoms with van der Waals surface area (Å²) in [5.74, 6) is 0. The Morgan fingerprint density at radius 2 is 2.00 bits per heavy atom. The molecule has 4 heteroatoms. The lowest BCUT2D eigenvalue weighted by atomic mass is 9.87.